The average molecular weight is 406 g/mol. The quantitative estimate of drug-likeness (QED) is 0.600. The molecule has 0 amide bonds. The van der Waals surface area contributed by atoms with E-state index in [9.17, 15) is 0 Å². The Morgan fingerprint density at radius 3 is 2.53 bits per heavy atom. The van der Waals surface area contributed by atoms with Gasteiger partial charge in [0, 0.05) is 19.3 Å². The van der Waals surface area contributed by atoms with Crippen molar-refractivity contribution in [3.05, 3.63) is 61.6 Å². The van der Waals surface area contributed by atoms with Crippen LogP contribution in [0.15, 0.2) is 42.5 Å². The van der Waals surface area contributed by atoms with Gasteiger partial charge in [-0.3, -0.25) is 0 Å². The summed E-state index contributed by atoms with van der Waals surface area (Å²) in [4.78, 5) is 0. The highest BCUT2D eigenvalue weighted by atomic mass is 127. The van der Waals surface area contributed by atoms with E-state index in [2.05, 4.69) is 47.0 Å². The molecule has 0 fully saturated rings. The predicted octanol–water partition coefficient (Wildman–Crippen LogP) is 6.16. The van der Waals surface area contributed by atoms with Crippen LogP contribution in [0.5, 0.6) is 0 Å². The fourth-order valence-electron chi connectivity index (χ4n) is 1.95. The smallest absolute Gasteiger partial charge is 0.0526 e. The number of halogens is 3. The Morgan fingerprint density at radius 2 is 1.89 bits per heavy atom. The predicted molar refractivity (Wildman–Crippen MR) is 92.3 cm³/mol. The summed E-state index contributed by atoms with van der Waals surface area (Å²) < 4.78 is 1.20. The molecular formula is C15H14Cl2IN. The van der Waals surface area contributed by atoms with Gasteiger partial charge in [0.15, 0.2) is 0 Å². The van der Waals surface area contributed by atoms with Crippen molar-refractivity contribution in [3.8, 4) is 0 Å². The second kappa shape index (κ2) is 6.82. The van der Waals surface area contributed by atoms with Gasteiger partial charge in [-0.2, -0.15) is 0 Å². The molecule has 2 rings (SSSR count). The Labute approximate surface area is 137 Å². The summed E-state index contributed by atoms with van der Waals surface area (Å²) >= 11 is 14.6. The van der Waals surface area contributed by atoms with Gasteiger partial charge in [-0.1, -0.05) is 48.3 Å². The number of nitrogens with one attached hydrogen (secondary N) is 1. The minimum absolute atomic E-state index is 0.181. The molecule has 0 spiro atoms. The van der Waals surface area contributed by atoms with E-state index in [-0.39, 0.29) is 6.04 Å². The van der Waals surface area contributed by atoms with Gasteiger partial charge in [0.25, 0.3) is 0 Å². The van der Waals surface area contributed by atoms with Crippen LogP contribution in [-0.2, 0) is 0 Å². The van der Waals surface area contributed by atoms with Crippen molar-refractivity contribution in [1.82, 2.24) is 0 Å². The molecule has 1 nitrogen and oxygen atoms in total. The van der Waals surface area contributed by atoms with E-state index in [1.807, 2.05) is 24.3 Å². The second-order valence-corrected chi connectivity index (χ2v) is 6.26. The molecule has 1 atom stereocenters. The van der Waals surface area contributed by atoms with E-state index < -0.39 is 0 Å². The van der Waals surface area contributed by atoms with Crippen molar-refractivity contribution in [2.75, 3.05) is 5.32 Å². The lowest BCUT2D eigenvalue weighted by Crippen LogP contribution is -2.11. The van der Waals surface area contributed by atoms with Crippen molar-refractivity contribution in [2.45, 2.75) is 19.4 Å². The van der Waals surface area contributed by atoms with Crippen molar-refractivity contribution < 1.29 is 0 Å². The zero-order valence-corrected chi connectivity index (χ0v) is 14.1. The van der Waals surface area contributed by atoms with Gasteiger partial charge >= 0.3 is 0 Å². The van der Waals surface area contributed by atoms with E-state index >= 15 is 0 Å². The van der Waals surface area contributed by atoms with E-state index in [4.69, 9.17) is 23.2 Å². The zero-order chi connectivity index (χ0) is 13.8. The van der Waals surface area contributed by atoms with Crippen LogP contribution in [0.25, 0.3) is 0 Å². The third kappa shape index (κ3) is 3.77. The second-order valence-electron chi connectivity index (χ2n) is 4.25. The highest BCUT2D eigenvalue weighted by Gasteiger charge is 2.14. The molecule has 0 aromatic heterocycles. The molecule has 2 aromatic rings. The Hall–Kier alpha value is -0.450. The zero-order valence-electron chi connectivity index (χ0n) is 10.5. The highest BCUT2D eigenvalue weighted by molar-refractivity contribution is 14.1. The summed E-state index contributed by atoms with van der Waals surface area (Å²) in [6, 6.07) is 14.1. The third-order valence-electron chi connectivity index (χ3n) is 2.95. The van der Waals surface area contributed by atoms with Crippen molar-refractivity contribution in [2.24, 2.45) is 0 Å². The van der Waals surface area contributed by atoms with Gasteiger partial charge in [-0.25, -0.2) is 0 Å². The molecule has 0 aliphatic heterocycles. The fraction of sp³-hybridized carbons (Fsp3) is 0.200. The topological polar surface area (TPSA) is 12.0 Å². The number of rotatable bonds is 4. The van der Waals surface area contributed by atoms with Crippen LogP contribution in [0, 0.1) is 3.57 Å². The van der Waals surface area contributed by atoms with E-state index in [1.165, 1.54) is 3.57 Å². The molecule has 19 heavy (non-hydrogen) atoms. The molecule has 0 saturated heterocycles. The molecule has 0 aliphatic rings. The molecule has 4 heteroatoms. The summed E-state index contributed by atoms with van der Waals surface area (Å²) in [6.07, 6.45) is 0.951. The SMILES string of the molecule is CCC(Nc1ccccc1I)c1ccc(Cl)cc1Cl. The maximum Gasteiger partial charge on any atom is 0.0526 e. The van der Waals surface area contributed by atoms with Crippen LogP contribution in [0.3, 0.4) is 0 Å². The molecule has 0 aliphatic carbocycles. The molecule has 0 saturated carbocycles. The molecule has 1 unspecified atom stereocenters. The first kappa shape index (κ1) is 14.9. The summed E-state index contributed by atoms with van der Waals surface area (Å²) in [5.74, 6) is 0. The van der Waals surface area contributed by atoms with Crippen molar-refractivity contribution in [1.29, 1.82) is 0 Å². The molecule has 0 radical (unpaired) electrons. The van der Waals surface area contributed by atoms with Gasteiger partial charge in [0.1, 0.15) is 0 Å². The Balaban J connectivity index is 2.28. The minimum atomic E-state index is 0.181. The number of hydrogen-bond donors (Lipinski definition) is 1. The lowest BCUT2D eigenvalue weighted by molar-refractivity contribution is 0.749. The first-order valence-corrected chi connectivity index (χ1v) is 7.91. The van der Waals surface area contributed by atoms with E-state index in [0.717, 1.165) is 17.7 Å². The normalized spacial score (nSPS) is 12.2. The summed E-state index contributed by atoms with van der Waals surface area (Å²) in [5, 5.41) is 4.91. The van der Waals surface area contributed by atoms with Crippen LogP contribution in [-0.4, -0.2) is 0 Å². The first-order valence-electron chi connectivity index (χ1n) is 6.08. The van der Waals surface area contributed by atoms with E-state index in [1.54, 1.807) is 6.07 Å². The molecule has 100 valence electrons. The Bertz CT molecular complexity index is 572. The number of para-hydroxylation sites is 1. The fourth-order valence-corrected chi connectivity index (χ4v) is 3.03. The van der Waals surface area contributed by atoms with Crippen LogP contribution in [0.4, 0.5) is 5.69 Å². The summed E-state index contributed by atoms with van der Waals surface area (Å²) in [6.45, 7) is 2.14. The standard InChI is InChI=1S/C15H14Cl2IN/c1-2-14(11-8-7-10(16)9-12(11)17)19-15-6-4-3-5-13(15)18/h3-9,14,19H,2H2,1H3. The average Bonchev–Trinajstić information content (AvgIpc) is 2.39. The Kier molecular flexibility index (Phi) is 5.37. The largest absolute Gasteiger partial charge is 0.377 e. The van der Waals surface area contributed by atoms with Crippen molar-refractivity contribution in [3.63, 3.8) is 0 Å². The molecule has 2 aromatic carbocycles. The summed E-state index contributed by atoms with van der Waals surface area (Å²) in [5.41, 5.74) is 2.20. The van der Waals surface area contributed by atoms with Crippen LogP contribution >= 0.6 is 45.8 Å². The number of anilines is 1. The van der Waals surface area contributed by atoms with Crippen LogP contribution in [0.2, 0.25) is 10.0 Å². The van der Waals surface area contributed by atoms with Gasteiger partial charge in [-0.15, -0.1) is 0 Å². The number of hydrogen-bond acceptors (Lipinski definition) is 1. The van der Waals surface area contributed by atoms with E-state index in [0.29, 0.717) is 10.0 Å². The van der Waals surface area contributed by atoms with Crippen LogP contribution in [0.1, 0.15) is 24.9 Å². The lowest BCUT2D eigenvalue weighted by atomic mass is 10.0. The molecule has 0 heterocycles. The first-order chi connectivity index (χ1) is 9.11. The molecule has 1 N–H and O–H groups in total. The molecule has 0 bridgehead atoms. The van der Waals surface area contributed by atoms with Crippen molar-refractivity contribution >= 4 is 51.5 Å². The van der Waals surface area contributed by atoms with Gasteiger partial charge < -0.3 is 5.32 Å². The van der Waals surface area contributed by atoms with Crippen LogP contribution < -0.4 is 5.32 Å². The monoisotopic (exact) mass is 405 g/mol. The molecular weight excluding hydrogens is 392 g/mol. The minimum Gasteiger partial charge on any atom is -0.377 e. The highest BCUT2D eigenvalue weighted by Crippen LogP contribution is 2.31. The Morgan fingerprint density at radius 1 is 1.16 bits per heavy atom. The van der Waals surface area contributed by atoms with Gasteiger partial charge in [0.2, 0.25) is 0 Å². The maximum absolute atomic E-state index is 6.28. The lowest BCUT2D eigenvalue weighted by Gasteiger charge is -2.21. The van der Waals surface area contributed by atoms with Gasteiger partial charge in [0.05, 0.1) is 6.04 Å². The maximum atomic E-state index is 6.28. The summed E-state index contributed by atoms with van der Waals surface area (Å²) in [7, 11) is 0. The number of benzene rings is 2. The van der Waals surface area contributed by atoms with Gasteiger partial charge in [-0.05, 0) is 58.8 Å². The third-order valence-corrected chi connectivity index (χ3v) is 4.45.